The fourth-order valence-electron chi connectivity index (χ4n) is 3.61. The number of piperidine rings is 1. The van der Waals surface area contributed by atoms with Gasteiger partial charge in [0.1, 0.15) is 6.04 Å². The van der Waals surface area contributed by atoms with Gasteiger partial charge in [-0.15, -0.1) is 0 Å². The second-order valence-electron chi connectivity index (χ2n) is 7.60. The van der Waals surface area contributed by atoms with E-state index in [0.29, 0.717) is 18.9 Å². The predicted molar refractivity (Wildman–Crippen MR) is 112 cm³/mol. The van der Waals surface area contributed by atoms with Gasteiger partial charge in [0.25, 0.3) is 5.91 Å². The Labute approximate surface area is 171 Å². The van der Waals surface area contributed by atoms with E-state index < -0.39 is 12.0 Å². The first-order valence-corrected chi connectivity index (χ1v) is 10.1. The van der Waals surface area contributed by atoms with Crippen LogP contribution >= 0.6 is 0 Å². The van der Waals surface area contributed by atoms with E-state index in [-0.39, 0.29) is 18.4 Å². The monoisotopic (exact) mass is 396 g/mol. The molecule has 0 bridgehead atoms. The molecule has 1 N–H and O–H groups in total. The van der Waals surface area contributed by atoms with Crippen molar-refractivity contribution in [2.24, 2.45) is 0 Å². The second-order valence-corrected chi connectivity index (χ2v) is 7.60. The molecule has 1 aromatic heterocycles. The van der Waals surface area contributed by atoms with Crippen LogP contribution in [0.15, 0.2) is 36.7 Å². The Bertz CT molecular complexity index is 854. The first-order chi connectivity index (χ1) is 14.0. The molecule has 0 radical (unpaired) electrons. The third-order valence-electron chi connectivity index (χ3n) is 5.12. The number of ether oxygens (including phenoxy) is 1. The van der Waals surface area contributed by atoms with Crippen LogP contribution in [0.1, 0.15) is 50.2 Å². The number of hydrogen-bond acceptors (Lipinski definition) is 6. The van der Waals surface area contributed by atoms with Crippen molar-refractivity contribution in [1.82, 2.24) is 9.97 Å². The summed E-state index contributed by atoms with van der Waals surface area (Å²) >= 11 is 0. The molecular formula is C22H28N4O3. The van der Waals surface area contributed by atoms with Crippen molar-refractivity contribution in [3.63, 3.8) is 0 Å². The number of rotatable bonds is 6. The average molecular weight is 396 g/mol. The Balaban J connectivity index is 1.62. The van der Waals surface area contributed by atoms with Crippen molar-refractivity contribution in [1.29, 1.82) is 0 Å². The lowest BCUT2D eigenvalue weighted by molar-refractivity contribution is -0.149. The highest BCUT2D eigenvalue weighted by atomic mass is 16.5. The maximum absolute atomic E-state index is 12.7. The number of para-hydroxylation sites is 1. The Kier molecular flexibility index (Phi) is 6.80. The highest BCUT2D eigenvalue weighted by Crippen LogP contribution is 2.27. The van der Waals surface area contributed by atoms with Gasteiger partial charge in [-0.25, -0.2) is 14.8 Å². The van der Waals surface area contributed by atoms with Crippen LogP contribution in [0.3, 0.4) is 0 Å². The van der Waals surface area contributed by atoms with Crippen molar-refractivity contribution in [2.75, 3.05) is 23.4 Å². The van der Waals surface area contributed by atoms with Gasteiger partial charge in [0.15, 0.2) is 6.61 Å². The number of carbonyl (C=O) groups is 2. The van der Waals surface area contributed by atoms with E-state index in [1.54, 1.807) is 18.5 Å². The summed E-state index contributed by atoms with van der Waals surface area (Å²) < 4.78 is 5.36. The molecule has 1 aliphatic heterocycles. The topological polar surface area (TPSA) is 84.4 Å². The van der Waals surface area contributed by atoms with Gasteiger partial charge in [-0.05, 0) is 49.3 Å². The summed E-state index contributed by atoms with van der Waals surface area (Å²) in [6.07, 6.45) is 5.86. The molecule has 1 amide bonds. The lowest BCUT2D eigenvalue weighted by atomic mass is 9.98. The van der Waals surface area contributed by atoms with Crippen LogP contribution in [0.5, 0.6) is 0 Å². The van der Waals surface area contributed by atoms with Crippen molar-refractivity contribution < 1.29 is 14.3 Å². The second kappa shape index (κ2) is 9.49. The largest absolute Gasteiger partial charge is 0.454 e. The van der Waals surface area contributed by atoms with Gasteiger partial charge in [-0.2, -0.15) is 0 Å². The molecule has 2 aromatic rings. The van der Waals surface area contributed by atoms with Crippen LogP contribution in [0.25, 0.3) is 0 Å². The van der Waals surface area contributed by atoms with Crippen LogP contribution in [0, 0.1) is 6.92 Å². The van der Waals surface area contributed by atoms with Gasteiger partial charge in [0, 0.05) is 24.6 Å². The van der Waals surface area contributed by atoms with Crippen LogP contribution in [-0.4, -0.2) is 41.0 Å². The summed E-state index contributed by atoms with van der Waals surface area (Å²) in [6, 6.07) is 7.20. The van der Waals surface area contributed by atoms with Crippen LogP contribution in [0.4, 0.5) is 11.6 Å². The maximum Gasteiger partial charge on any atom is 0.329 e. The molecule has 0 saturated carbocycles. The number of nitrogens with one attached hydrogen (secondary N) is 1. The van der Waals surface area contributed by atoms with Crippen molar-refractivity contribution in [2.45, 2.75) is 52.0 Å². The molecule has 0 aliphatic carbocycles. The van der Waals surface area contributed by atoms with E-state index in [1.165, 1.54) is 0 Å². The minimum atomic E-state index is -0.469. The SMILES string of the molecule is Cc1cccc(C(C)C)c1NC(=O)COC(=O)C1CCCCN1c1ncccn1. The number of hydrogen-bond donors (Lipinski definition) is 1. The van der Waals surface area contributed by atoms with Gasteiger partial charge in [-0.3, -0.25) is 4.79 Å². The zero-order chi connectivity index (χ0) is 20.8. The summed E-state index contributed by atoms with van der Waals surface area (Å²) in [5.41, 5.74) is 2.83. The smallest absolute Gasteiger partial charge is 0.329 e. The van der Waals surface area contributed by atoms with Crippen LogP contribution in [-0.2, 0) is 14.3 Å². The van der Waals surface area contributed by atoms with Crippen molar-refractivity contribution >= 4 is 23.5 Å². The highest BCUT2D eigenvalue weighted by Gasteiger charge is 2.32. The zero-order valence-corrected chi connectivity index (χ0v) is 17.2. The third kappa shape index (κ3) is 5.10. The van der Waals surface area contributed by atoms with E-state index in [2.05, 4.69) is 29.1 Å². The summed E-state index contributed by atoms with van der Waals surface area (Å²) in [5, 5.41) is 2.91. The average Bonchev–Trinajstić information content (AvgIpc) is 2.74. The Morgan fingerprint density at radius 2 is 1.97 bits per heavy atom. The number of amides is 1. The zero-order valence-electron chi connectivity index (χ0n) is 17.2. The fraction of sp³-hybridized carbons (Fsp3) is 0.455. The molecule has 1 aliphatic rings. The molecule has 1 unspecified atom stereocenters. The van der Waals surface area contributed by atoms with Gasteiger partial charge < -0.3 is 15.0 Å². The van der Waals surface area contributed by atoms with Gasteiger partial charge in [0.2, 0.25) is 5.95 Å². The molecule has 154 valence electrons. The number of carbonyl (C=O) groups excluding carboxylic acids is 2. The summed E-state index contributed by atoms with van der Waals surface area (Å²) in [7, 11) is 0. The van der Waals surface area contributed by atoms with E-state index in [9.17, 15) is 9.59 Å². The predicted octanol–water partition coefficient (Wildman–Crippen LogP) is 3.45. The molecule has 3 rings (SSSR count). The molecule has 2 heterocycles. The van der Waals surface area contributed by atoms with Crippen molar-refractivity contribution in [3.05, 3.63) is 47.8 Å². The lowest BCUT2D eigenvalue weighted by Crippen LogP contribution is -2.47. The summed E-state index contributed by atoms with van der Waals surface area (Å²) in [4.78, 5) is 35.5. The lowest BCUT2D eigenvalue weighted by Gasteiger charge is -2.33. The molecule has 7 heteroatoms. The molecule has 1 atom stereocenters. The van der Waals surface area contributed by atoms with Crippen molar-refractivity contribution in [3.8, 4) is 0 Å². The van der Waals surface area contributed by atoms with Gasteiger partial charge in [0.05, 0.1) is 0 Å². The number of aryl methyl sites for hydroxylation is 1. The fourth-order valence-corrected chi connectivity index (χ4v) is 3.61. The van der Waals surface area contributed by atoms with E-state index >= 15 is 0 Å². The number of esters is 1. The number of anilines is 2. The van der Waals surface area contributed by atoms with E-state index in [4.69, 9.17) is 4.74 Å². The quantitative estimate of drug-likeness (QED) is 0.753. The highest BCUT2D eigenvalue weighted by molar-refractivity contribution is 5.94. The summed E-state index contributed by atoms with van der Waals surface area (Å²) in [5.74, 6) is 0.0311. The third-order valence-corrected chi connectivity index (χ3v) is 5.12. The molecule has 1 saturated heterocycles. The Hall–Kier alpha value is -2.96. The standard InChI is InChI=1S/C22H28N4O3/c1-15(2)17-9-6-8-16(3)20(17)25-19(27)14-29-21(28)18-10-4-5-13-26(18)22-23-11-7-12-24-22/h6-9,11-12,15,18H,4-5,10,13-14H2,1-3H3,(H,25,27). The molecular weight excluding hydrogens is 368 g/mol. The van der Waals surface area contributed by atoms with E-state index in [1.807, 2.05) is 30.0 Å². The molecule has 7 nitrogen and oxygen atoms in total. The molecule has 0 spiro atoms. The summed E-state index contributed by atoms with van der Waals surface area (Å²) in [6.45, 7) is 6.48. The minimum Gasteiger partial charge on any atom is -0.454 e. The Morgan fingerprint density at radius 3 is 2.69 bits per heavy atom. The first-order valence-electron chi connectivity index (χ1n) is 10.1. The van der Waals surface area contributed by atoms with Gasteiger partial charge >= 0.3 is 5.97 Å². The molecule has 29 heavy (non-hydrogen) atoms. The molecule has 1 aromatic carbocycles. The van der Waals surface area contributed by atoms with Crippen LogP contribution in [0.2, 0.25) is 0 Å². The minimum absolute atomic E-state index is 0.273. The number of aromatic nitrogens is 2. The van der Waals surface area contributed by atoms with E-state index in [0.717, 1.165) is 29.7 Å². The first kappa shape index (κ1) is 20.8. The van der Waals surface area contributed by atoms with Crippen LogP contribution < -0.4 is 10.2 Å². The number of benzene rings is 1. The Morgan fingerprint density at radius 1 is 1.21 bits per heavy atom. The number of nitrogens with zero attached hydrogens (tertiary/aromatic N) is 3. The maximum atomic E-state index is 12.7. The molecule has 1 fully saturated rings. The van der Waals surface area contributed by atoms with Gasteiger partial charge in [-0.1, -0.05) is 32.0 Å². The normalized spacial score (nSPS) is 16.6.